The zero-order valence-corrected chi connectivity index (χ0v) is 14.6. The van der Waals surface area contributed by atoms with Crippen molar-refractivity contribution in [1.29, 1.82) is 0 Å². The Morgan fingerprint density at radius 2 is 1.70 bits per heavy atom. The molecule has 0 spiro atoms. The summed E-state index contributed by atoms with van der Waals surface area (Å²) in [7, 11) is 0. The minimum absolute atomic E-state index is 0. The molecule has 1 aromatic rings. The van der Waals surface area contributed by atoms with Gasteiger partial charge in [-0.25, -0.2) is 0 Å². The molecule has 0 heterocycles. The van der Waals surface area contributed by atoms with Crippen molar-refractivity contribution in [2.45, 2.75) is 26.1 Å². The van der Waals surface area contributed by atoms with E-state index in [4.69, 9.17) is 6.58 Å². The molecule has 1 aromatic carbocycles. The molecule has 1 atom stereocenters. The van der Waals surface area contributed by atoms with Crippen LogP contribution < -0.4 is 5.32 Å². The normalized spacial score (nSPS) is 10.7. The molecule has 0 saturated heterocycles. The van der Waals surface area contributed by atoms with Crippen LogP contribution in [0.15, 0.2) is 36.4 Å². The van der Waals surface area contributed by atoms with Crippen molar-refractivity contribution in [2.75, 3.05) is 0 Å². The number of hydrogen-bond acceptors (Lipinski definition) is 1. The summed E-state index contributed by atoms with van der Waals surface area (Å²) in [6.45, 7) is 8.84. The molecule has 1 rings (SSSR count). The second-order valence-corrected chi connectivity index (χ2v) is 3.06. The summed E-state index contributed by atoms with van der Waals surface area (Å²) in [5, 5.41) is 1.78. The number of nitrogens with one attached hydrogen (secondary N) is 1. The molecule has 2 nitrogen and oxygen atoms in total. The molecule has 20 heavy (non-hydrogen) atoms. The number of rotatable bonds is 3. The van der Waals surface area contributed by atoms with Gasteiger partial charge < -0.3 is 17.5 Å². The summed E-state index contributed by atoms with van der Waals surface area (Å²) in [5.41, 5.74) is -0.0369. The van der Waals surface area contributed by atoms with E-state index in [1.807, 2.05) is 13.8 Å². The molecule has 1 amide bonds. The Bertz CT molecular complexity index is 380. The van der Waals surface area contributed by atoms with E-state index in [9.17, 15) is 18.0 Å². The van der Waals surface area contributed by atoms with Gasteiger partial charge in [0.2, 0.25) is 0 Å². The molecule has 0 aliphatic heterocycles. The van der Waals surface area contributed by atoms with Crippen molar-refractivity contribution in [3.8, 4) is 0 Å². The molecule has 1 radical (unpaired) electrons. The van der Waals surface area contributed by atoms with Crippen molar-refractivity contribution < 1.29 is 50.7 Å². The zero-order chi connectivity index (χ0) is 14.2. The number of carbonyl (C=O) groups is 1. The van der Waals surface area contributed by atoms with Crippen LogP contribution >= 0.6 is 0 Å². The first-order valence-corrected chi connectivity index (χ1v) is 5.42. The fourth-order valence-electron chi connectivity index (χ4n) is 1.19. The number of carbonyl (C=O) groups excluding carboxylic acids is 1. The Kier molecular flexibility index (Phi) is 14.7. The van der Waals surface area contributed by atoms with Gasteiger partial charge >= 0.3 is 6.18 Å². The fourth-order valence-corrected chi connectivity index (χ4v) is 1.19. The Labute approximate surface area is 143 Å². The predicted octanol–water partition coefficient (Wildman–Crippen LogP) is 3.87. The molecule has 0 aliphatic carbocycles. The van der Waals surface area contributed by atoms with Crippen molar-refractivity contribution in [3.05, 3.63) is 56.0 Å². The van der Waals surface area contributed by atoms with Crippen molar-refractivity contribution in [1.82, 2.24) is 5.32 Å². The number of amides is 1. The predicted molar refractivity (Wildman–Crippen MR) is 70.0 cm³/mol. The standard InChI is InChI=1S/C11H9F3NO.C2H6.CH3.Y/c1-2-9(16)15-10(11(12,13)14)8-6-4-3-5-7-8;1-2;;/h1-7,10H,(H,15,16);1-2H3;1H3;/q-1;;-1;. The maximum absolute atomic E-state index is 12.6. The van der Waals surface area contributed by atoms with Gasteiger partial charge in [0.05, 0.1) is 5.91 Å². The SMILES string of the molecule is CC.[CH-]=CC(=O)NC(c1ccccc1)C(F)(F)F.[CH3-].[Y]. The van der Waals surface area contributed by atoms with E-state index < -0.39 is 18.1 Å². The molecular weight excluding hydrogens is 344 g/mol. The van der Waals surface area contributed by atoms with Crippen molar-refractivity contribution in [3.63, 3.8) is 0 Å². The average molecular weight is 362 g/mol. The second-order valence-electron chi connectivity index (χ2n) is 3.06. The third kappa shape index (κ3) is 8.49. The molecular formula is C14H18F3NOY-2. The fraction of sp³-hybridized carbons (Fsp3) is 0.286. The Hall–Kier alpha value is -0.676. The van der Waals surface area contributed by atoms with E-state index >= 15 is 0 Å². The quantitative estimate of drug-likeness (QED) is 0.642. The maximum Gasteiger partial charge on any atom is 0.411 e. The molecule has 0 fully saturated rings. The van der Waals surface area contributed by atoms with Crippen LogP contribution in [-0.4, -0.2) is 12.1 Å². The van der Waals surface area contributed by atoms with Crippen LogP contribution in [0, 0.1) is 14.0 Å². The zero-order valence-electron chi connectivity index (χ0n) is 11.7. The Balaban J connectivity index is -0.000000689. The summed E-state index contributed by atoms with van der Waals surface area (Å²) >= 11 is 0. The summed E-state index contributed by atoms with van der Waals surface area (Å²) in [4.78, 5) is 10.9. The van der Waals surface area contributed by atoms with E-state index in [1.165, 1.54) is 24.3 Å². The number of hydrogen-bond donors (Lipinski definition) is 1. The van der Waals surface area contributed by atoms with Gasteiger partial charge in [0.1, 0.15) is 6.04 Å². The van der Waals surface area contributed by atoms with Gasteiger partial charge in [0.25, 0.3) is 0 Å². The topological polar surface area (TPSA) is 29.1 Å². The monoisotopic (exact) mass is 362 g/mol. The smallest absolute Gasteiger partial charge is 0.411 e. The van der Waals surface area contributed by atoms with Gasteiger partial charge in [0, 0.05) is 32.7 Å². The largest absolute Gasteiger partial charge is 0.417 e. The molecule has 0 aliphatic rings. The molecule has 0 aromatic heterocycles. The third-order valence-corrected chi connectivity index (χ3v) is 1.90. The van der Waals surface area contributed by atoms with Gasteiger partial charge in [0.15, 0.2) is 0 Å². The molecule has 0 bridgehead atoms. The Morgan fingerprint density at radius 1 is 1.25 bits per heavy atom. The minimum atomic E-state index is -4.56. The maximum atomic E-state index is 12.6. The summed E-state index contributed by atoms with van der Waals surface area (Å²) in [6.07, 6.45) is -4.00. The van der Waals surface area contributed by atoms with Crippen LogP contribution in [-0.2, 0) is 37.5 Å². The number of alkyl halides is 3. The first kappa shape index (κ1) is 24.3. The molecule has 0 saturated carbocycles. The first-order valence-electron chi connectivity index (χ1n) is 5.42. The van der Waals surface area contributed by atoms with Gasteiger partial charge in [-0.15, -0.1) is 0 Å². The minimum Gasteiger partial charge on any atom is -0.417 e. The van der Waals surface area contributed by atoms with Crippen LogP contribution in [0.2, 0.25) is 0 Å². The summed E-state index contributed by atoms with van der Waals surface area (Å²) in [5.74, 6) is -0.967. The average Bonchev–Trinajstić information content (AvgIpc) is 2.37. The molecule has 6 heteroatoms. The van der Waals surface area contributed by atoms with E-state index in [1.54, 1.807) is 11.4 Å². The van der Waals surface area contributed by atoms with Crippen LogP contribution in [0.3, 0.4) is 0 Å². The van der Waals surface area contributed by atoms with Gasteiger partial charge in [-0.2, -0.15) is 19.2 Å². The second kappa shape index (κ2) is 12.1. The Morgan fingerprint density at radius 3 is 2.05 bits per heavy atom. The van der Waals surface area contributed by atoms with E-state index in [-0.39, 0.29) is 45.7 Å². The molecule has 1 N–H and O–H groups in total. The van der Waals surface area contributed by atoms with Crippen LogP contribution in [0.5, 0.6) is 0 Å². The van der Waals surface area contributed by atoms with Gasteiger partial charge in [-0.1, -0.05) is 44.2 Å². The first-order chi connectivity index (χ1) is 8.45. The van der Waals surface area contributed by atoms with Crippen molar-refractivity contribution in [2.24, 2.45) is 0 Å². The van der Waals surface area contributed by atoms with E-state index in [0.717, 1.165) is 0 Å². The van der Waals surface area contributed by atoms with Crippen LogP contribution in [0.1, 0.15) is 25.5 Å². The van der Waals surface area contributed by atoms with Crippen LogP contribution in [0.4, 0.5) is 13.2 Å². The van der Waals surface area contributed by atoms with E-state index in [2.05, 4.69) is 0 Å². The van der Waals surface area contributed by atoms with Gasteiger partial charge in [-0.05, 0) is 5.56 Å². The van der Waals surface area contributed by atoms with E-state index in [0.29, 0.717) is 6.08 Å². The third-order valence-electron chi connectivity index (χ3n) is 1.90. The molecule has 1 unspecified atom stereocenters. The van der Waals surface area contributed by atoms with Crippen molar-refractivity contribution >= 4 is 5.91 Å². The number of benzene rings is 1. The summed E-state index contributed by atoms with van der Waals surface area (Å²) in [6, 6.07) is 5.05. The van der Waals surface area contributed by atoms with Gasteiger partial charge in [-0.3, -0.25) is 6.58 Å². The number of halogens is 3. The molecule has 111 valence electrons. The van der Waals surface area contributed by atoms with Crippen LogP contribution in [0.25, 0.3) is 0 Å². The summed E-state index contributed by atoms with van der Waals surface area (Å²) < 4.78 is 37.9.